The van der Waals surface area contributed by atoms with Gasteiger partial charge in [0.1, 0.15) is 5.01 Å². The molecular formula is C21H26N2OS. The summed E-state index contributed by atoms with van der Waals surface area (Å²) in [5, 5.41) is 1.15. The topological polar surface area (TPSA) is 33.2 Å². The second kappa shape index (κ2) is 6.91. The van der Waals surface area contributed by atoms with Gasteiger partial charge in [0.25, 0.3) is 0 Å². The van der Waals surface area contributed by atoms with Crippen molar-refractivity contribution in [2.75, 3.05) is 13.6 Å². The highest BCUT2D eigenvalue weighted by Gasteiger charge is 2.28. The van der Waals surface area contributed by atoms with Crippen LogP contribution in [0.5, 0.6) is 0 Å². The van der Waals surface area contributed by atoms with Crippen LogP contribution in [-0.2, 0) is 24.1 Å². The van der Waals surface area contributed by atoms with Crippen LogP contribution in [0.1, 0.15) is 42.3 Å². The monoisotopic (exact) mass is 354 g/mol. The van der Waals surface area contributed by atoms with Gasteiger partial charge in [-0.05, 0) is 50.0 Å². The molecule has 1 aliphatic carbocycles. The van der Waals surface area contributed by atoms with Crippen molar-refractivity contribution in [2.24, 2.45) is 11.8 Å². The maximum atomic E-state index is 12.1. The van der Waals surface area contributed by atoms with Crippen molar-refractivity contribution < 1.29 is 4.79 Å². The fourth-order valence-electron chi connectivity index (χ4n) is 4.06. The lowest BCUT2D eigenvalue weighted by atomic mass is 9.97. The second-order valence-electron chi connectivity index (χ2n) is 7.74. The van der Waals surface area contributed by atoms with Crippen molar-refractivity contribution in [1.82, 2.24) is 9.88 Å². The summed E-state index contributed by atoms with van der Waals surface area (Å²) in [6.45, 7) is 3.23. The normalized spacial score (nSPS) is 23.6. The minimum atomic E-state index is 0.160. The number of benzene rings is 1. The smallest absolute Gasteiger partial charge is 0.225 e. The number of fused-ring (bicyclic) bond motifs is 1. The molecular weight excluding hydrogens is 328 g/mol. The van der Waals surface area contributed by atoms with Gasteiger partial charge in [0.2, 0.25) is 5.91 Å². The summed E-state index contributed by atoms with van der Waals surface area (Å²) in [6.07, 6.45) is 6.76. The number of amides is 1. The van der Waals surface area contributed by atoms with Crippen LogP contribution in [0, 0.1) is 11.8 Å². The molecule has 132 valence electrons. The van der Waals surface area contributed by atoms with E-state index in [9.17, 15) is 4.79 Å². The molecule has 0 radical (unpaired) electrons. The van der Waals surface area contributed by atoms with Crippen molar-refractivity contribution in [3.63, 3.8) is 0 Å². The van der Waals surface area contributed by atoms with Crippen molar-refractivity contribution in [3.8, 4) is 10.6 Å². The first-order valence-electron chi connectivity index (χ1n) is 9.43. The largest absolute Gasteiger partial charge is 0.345 e. The summed E-state index contributed by atoms with van der Waals surface area (Å²) in [7, 11) is 1.90. The first-order valence-corrected chi connectivity index (χ1v) is 10.2. The van der Waals surface area contributed by atoms with E-state index in [1.807, 2.05) is 23.3 Å². The maximum Gasteiger partial charge on any atom is 0.225 e. The highest BCUT2D eigenvalue weighted by Crippen LogP contribution is 2.34. The number of hydrogen-bond donors (Lipinski definition) is 0. The molecule has 2 aromatic rings. The molecule has 0 saturated carbocycles. The molecule has 2 aliphatic rings. The van der Waals surface area contributed by atoms with Gasteiger partial charge in [0.15, 0.2) is 0 Å². The average Bonchev–Trinajstić information content (AvgIpc) is 3.08. The Morgan fingerprint density at radius 3 is 2.76 bits per heavy atom. The minimum Gasteiger partial charge on any atom is -0.345 e. The molecule has 2 atom stereocenters. The predicted octanol–water partition coefficient (Wildman–Crippen LogP) is 4.35. The van der Waals surface area contributed by atoms with Gasteiger partial charge < -0.3 is 4.90 Å². The Labute approximate surface area is 154 Å². The second-order valence-corrected chi connectivity index (χ2v) is 8.82. The number of nitrogens with zero attached hydrogens (tertiary/aromatic N) is 2. The van der Waals surface area contributed by atoms with Gasteiger partial charge in [0.05, 0.1) is 5.69 Å². The van der Waals surface area contributed by atoms with E-state index in [-0.39, 0.29) is 5.92 Å². The van der Waals surface area contributed by atoms with Gasteiger partial charge in [-0.1, -0.05) is 31.2 Å². The minimum absolute atomic E-state index is 0.160. The SMILES string of the molecule is CC1CCCc2sc(-c3ccc(CC4CCN(C)C4=O)cc3)nc2C1. The molecule has 0 spiro atoms. The first kappa shape index (κ1) is 16.8. The van der Waals surface area contributed by atoms with E-state index < -0.39 is 0 Å². The van der Waals surface area contributed by atoms with Crippen LogP contribution in [0.2, 0.25) is 0 Å². The molecule has 25 heavy (non-hydrogen) atoms. The van der Waals surface area contributed by atoms with E-state index in [4.69, 9.17) is 4.98 Å². The molecule has 1 aliphatic heterocycles. The molecule has 1 saturated heterocycles. The summed E-state index contributed by atoms with van der Waals surface area (Å²) < 4.78 is 0. The maximum absolute atomic E-state index is 12.1. The summed E-state index contributed by atoms with van der Waals surface area (Å²) >= 11 is 1.87. The molecule has 1 aromatic carbocycles. The van der Waals surface area contributed by atoms with Crippen molar-refractivity contribution in [3.05, 3.63) is 40.4 Å². The number of aromatic nitrogens is 1. The third-order valence-corrected chi connectivity index (χ3v) is 6.85. The van der Waals surface area contributed by atoms with Crippen LogP contribution in [0.4, 0.5) is 0 Å². The van der Waals surface area contributed by atoms with Gasteiger partial charge in [-0.2, -0.15) is 0 Å². The van der Waals surface area contributed by atoms with Crippen LogP contribution in [0.3, 0.4) is 0 Å². The predicted molar refractivity (Wildman–Crippen MR) is 103 cm³/mol. The van der Waals surface area contributed by atoms with Crippen LogP contribution in [0.25, 0.3) is 10.6 Å². The van der Waals surface area contributed by atoms with Crippen molar-refractivity contribution >= 4 is 17.2 Å². The zero-order chi connectivity index (χ0) is 17.4. The van der Waals surface area contributed by atoms with Crippen LogP contribution >= 0.6 is 11.3 Å². The van der Waals surface area contributed by atoms with E-state index in [0.29, 0.717) is 5.91 Å². The molecule has 1 fully saturated rings. The zero-order valence-corrected chi connectivity index (χ0v) is 15.9. The number of carbonyl (C=O) groups is 1. The van der Waals surface area contributed by atoms with Crippen molar-refractivity contribution in [1.29, 1.82) is 0 Å². The lowest BCUT2D eigenvalue weighted by Gasteiger charge is -2.10. The molecule has 0 bridgehead atoms. The highest BCUT2D eigenvalue weighted by molar-refractivity contribution is 7.15. The van der Waals surface area contributed by atoms with Gasteiger partial charge in [-0.25, -0.2) is 4.98 Å². The summed E-state index contributed by atoms with van der Waals surface area (Å²) in [6, 6.07) is 8.71. The molecule has 2 unspecified atom stereocenters. The van der Waals surface area contributed by atoms with Crippen LogP contribution in [0.15, 0.2) is 24.3 Å². The fraction of sp³-hybridized carbons (Fsp3) is 0.524. The average molecular weight is 355 g/mol. The van der Waals surface area contributed by atoms with Gasteiger partial charge in [0, 0.05) is 30.0 Å². The fourth-order valence-corrected chi connectivity index (χ4v) is 5.19. The molecule has 2 heterocycles. The van der Waals surface area contributed by atoms with E-state index in [1.54, 1.807) is 0 Å². The Morgan fingerprint density at radius 1 is 1.24 bits per heavy atom. The molecule has 4 heteroatoms. The Bertz CT molecular complexity index is 765. The molecule has 0 N–H and O–H groups in total. The summed E-state index contributed by atoms with van der Waals surface area (Å²) in [5.74, 6) is 1.20. The first-order chi connectivity index (χ1) is 12.1. The van der Waals surface area contributed by atoms with Gasteiger partial charge in [-0.15, -0.1) is 11.3 Å². The van der Waals surface area contributed by atoms with Crippen LogP contribution in [-0.4, -0.2) is 29.4 Å². The van der Waals surface area contributed by atoms with E-state index in [0.717, 1.165) is 36.7 Å². The molecule has 1 amide bonds. The number of carbonyl (C=O) groups excluding carboxylic acids is 1. The Balaban J connectivity index is 1.49. The Hall–Kier alpha value is -1.68. The number of rotatable bonds is 3. The quantitative estimate of drug-likeness (QED) is 0.768. The summed E-state index contributed by atoms with van der Waals surface area (Å²) in [4.78, 5) is 20.4. The van der Waals surface area contributed by atoms with E-state index >= 15 is 0 Å². The lowest BCUT2D eigenvalue weighted by molar-refractivity contribution is -0.129. The van der Waals surface area contributed by atoms with Crippen molar-refractivity contribution in [2.45, 2.75) is 45.4 Å². The Morgan fingerprint density at radius 2 is 2.04 bits per heavy atom. The lowest BCUT2D eigenvalue weighted by Crippen LogP contribution is -2.23. The third kappa shape index (κ3) is 3.50. The van der Waals surface area contributed by atoms with Crippen LogP contribution < -0.4 is 0 Å². The number of hydrogen-bond acceptors (Lipinski definition) is 3. The highest BCUT2D eigenvalue weighted by atomic mass is 32.1. The zero-order valence-electron chi connectivity index (χ0n) is 15.1. The molecule has 4 rings (SSSR count). The summed E-state index contributed by atoms with van der Waals surface area (Å²) in [5.41, 5.74) is 3.79. The standard InChI is InChI=1S/C21H26N2OS/c1-14-4-3-5-19-18(12-14)22-20(25-19)16-8-6-15(7-9-16)13-17-10-11-23(2)21(17)24/h6-9,14,17H,3-5,10-13H2,1-2H3. The van der Waals surface area contributed by atoms with E-state index in [1.165, 1.54) is 41.0 Å². The molecule has 3 nitrogen and oxygen atoms in total. The Kier molecular flexibility index (Phi) is 4.63. The molecule has 1 aromatic heterocycles. The third-order valence-electron chi connectivity index (χ3n) is 5.64. The van der Waals surface area contributed by atoms with E-state index in [2.05, 4.69) is 31.2 Å². The number of thiazole rings is 1. The number of likely N-dealkylation sites (tertiary alicyclic amines) is 1. The number of aryl methyl sites for hydroxylation is 1. The van der Waals surface area contributed by atoms with Gasteiger partial charge >= 0.3 is 0 Å². The van der Waals surface area contributed by atoms with Gasteiger partial charge in [-0.3, -0.25) is 4.79 Å².